The maximum absolute atomic E-state index is 8.86. The highest BCUT2D eigenvalue weighted by molar-refractivity contribution is 5.59. The summed E-state index contributed by atoms with van der Waals surface area (Å²) in [5.74, 6) is 0.362. The SMILES string of the molecule is N#Cc1nnc2ccc3c(n12)CCN3. The summed E-state index contributed by atoms with van der Waals surface area (Å²) in [6.45, 7) is 0.914. The molecule has 5 heteroatoms. The summed E-state index contributed by atoms with van der Waals surface area (Å²) in [5.41, 5.74) is 2.92. The predicted octanol–water partition coefficient (Wildman–Crippen LogP) is 0.569. The highest BCUT2D eigenvalue weighted by atomic mass is 15.3. The normalized spacial score (nSPS) is 13.6. The van der Waals surface area contributed by atoms with Gasteiger partial charge in [0.25, 0.3) is 0 Å². The van der Waals surface area contributed by atoms with Gasteiger partial charge in [0, 0.05) is 13.0 Å². The first-order chi connectivity index (χ1) is 6.90. The van der Waals surface area contributed by atoms with Crippen molar-refractivity contribution in [3.8, 4) is 6.07 Å². The van der Waals surface area contributed by atoms with Gasteiger partial charge in [0.1, 0.15) is 6.07 Å². The molecule has 1 aliphatic heterocycles. The van der Waals surface area contributed by atoms with E-state index in [2.05, 4.69) is 15.5 Å². The average molecular weight is 185 g/mol. The second kappa shape index (κ2) is 2.45. The quantitative estimate of drug-likeness (QED) is 0.651. The summed E-state index contributed by atoms with van der Waals surface area (Å²) in [6.07, 6.45) is 0.916. The van der Waals surface area contributed by atoms with E-state index in [0.29, 0.717) is 5.82 Å². The van der Waals surface area contributed by atoms with E-state index in [0.717, 1.165) is 30.0 Å². The van der Waals surface area contributed by atoms with Crippen molar-refractivity contribution in [2.45, 2.75) is 6.42 Å². The molecule has 0 fully saturated rings. The number of hydrogen-bond acceptors (Lipinski definition) is 4. The van der Waals surface area contributed by atoms with Crippen LogP contribution in [-0.2, 0) is 6.42 Å². The van der Waals surface area contributed by atoms with E-state index < -0.39 is 0 Å². The van der Waals surface area contributed by atoms with Gasteiger partial charge in [0.05, 0.1) is 11.4 Å². The molecule has 3 heterocycles. The van der Waals surface area contributed by atoms with Crippen molar-refractivity contribution in [1.29, 1.82) is 5.26 Å². The van der Waals surface area contributed by atoms with Crippen molar-refractivity contribution in [1.82, 2.24) is 14.6 Å². The Morgan fingerprint density at radius 3 is 3.21 bits per heavy atom. The van der Waals surface area contributed by atoms with Crippen LogP contribution in [0.25, 0.3) is 5.65 Å². The van der Waals surface area contributed by atoms with Crippen molar-refractivity contribution >= 4 is 11.3 Å². The third-order valence-electron chi connectivity index (χ3n) is 2.45. The van der Waals surface area contributed by atoms with Crippen LogP contribution in [0.15, 0.2) is 12.1 Å². The molecule has 0 saturated heterocycles. The summed E-state index contributed by atoms with van der Waals surface area (Å²) in [5, 5.41) is 19.9. The highest BCUT2D eigenvalue weighted by Crippen LogP contribution is 2.23. The second-order valence-corrected chi connectivity index (χ2v) is 3.20. The second-order valence-electron chi connectivity index (χ2n) is 3.20. The van der Waals surface area contributed by atoms with Crippen LogP contribution in [0.4, 0.5) is 5.69 Å². The van der Waals surface area contributed by atoms with Gasteiger partial charge in [-0.3, -0.25) is 4.40 Å². The number of nitrogens with one attached hydrogen (secondary N) is 1. The number of nitrogens with zero attached hydrogens (tertiary/aromatic N) is 4. The third kappa shape index (κ3) is 0.773. The maximum Gasteiger partial charge on any atom is 0.239 e. The summed E-state index contributed by atoms with van der Waals surface area (Å²) >= 11 is 0. The first-order valence-corrected chi connectivity index (χ1v) is 4.41. The van der Waals surface area contributed by atoms with Crippen molar-refractivity contribution < 1.29 is 0 Å². The zero-order valence-corrected chi connectivity index (χ0v) is 7.36. The maximum atomic E-state index is 8.86. The fraction of sp³-hybridized carbons (Fsp3) is 0.222. The molecule has 68 valence electrons. The number of nitriles is 1. The molecule has 2 aromatic rings. The van der Waals surface area contributed by atoms with Gasteiger partial charge < -0.3 is 5.32 Å². The molecule has 14 heavy (non-hydrogen) atoms. The smallest absolute Gasteiger partial charge is 0.239 e. The molecule has 0 spiro atoms. The molecule has 0 radical (unpaired) electrons. The minimum atomic E-state index is 0.362. The van der Waals surface area contributed by atoms with E-state index in [1.807, 2.05) is 22.6 Å². The van der Waals surface area contributed by atoms with Gasteiger partial charge in [-0.15, -0.1) is 10.2 Å². The first-order valence-electron chi connectivity index (χ1n) is 4.41. The van der Waals surface area contributed by atoms with Crippen LogP contribution in [0.5, 0.6) is 0 Å². The van der Waals surface area contributed by atoms with E-state index in [1.54, 1.807) is 0 Å². The fourth-order valence-electron chi connectivity index (χ4n) is 1.84. The van der Waals surface area contributed by atoms with Gasteiger partial charge in [-0.05, 0) is 12.1 Å². The van der Waals surface area contributed by atoms with Gasteiger partial charge in [0.15, 0.2) is 5.65 Å². The molecule has 0 amide bonds. The number of hydrogen-bond donors (Lipinski definition) is 1. The Hall–Kier alpha value is -2.09. The Labute approximate surface area is 80.0 Å². The Kier molecular flexibility index (Phi) is 1.28. The zero-order valence-electron chi connectivity index (χ0n) is 7.36. The van der Waals surface area contributed by atoms with Crippen molar-refractivity contribution in [3.63, 3.8) is 0 Å². The minimum Gasteiger partial charge on any atom is -0.383 e. The molecule has 0 aromatic carbocycles. The molecule has 1 aliphatic rings. The average Bonchev–Trinajstić information content (AvgIpc) is 2.82. The van der Waals surface area contributed by atoms with E-state index in [9.17, 15) is 0 Å². The van der Waals surface area contributed by atoms with E-state index in [-0.39, 0.29) is 0 Å². The van der Waals surface area contributed by atoms with Gasteiger partial charge in [0.2, 0.25) is 5.82 Å². The topological polar surface area (TPSA) is 66.0 Å². The predicted molar refractivity (Wildman–Crippen MR) is 49.9 cm³/mol. The Morgan fingerprint density at radius 2 is 2.36 bits per heavy atom. The molecule has 1 N–H and O–H groups in total. The largest absolute Gasteiger partial charge is 0.383 e. The lowest BCUT2D eigenvalue weighted by Crippen LogP contribution is -1.96. The lowest BCUT2D eigenvalue weighted by atomic mass is 10.3. The molecule has 0 aliphatic carbocycles. The van der Waals surface area contributed by atoms with Gasteiger partial charge in [-0.25, -0.2) is 0 Å². The van der Waals surface area contributed by atoms with Crippen molar-refractivity contribution in [3.05, 3.63) is 23.7 Å². The number of anilines is 1. The van der Waals surface area contributed by atoms with Crippen molar-refractivity contribution in [2.24, 2.45) is 0 Å². The Morgan fingerprint density at radius 1 is 1.43 bits per heavy atom. The fourth-order valence-corrected chi connectivity index (χ4v) is 1.84. The Balaban J connectivity index is 2.46. The van der Waals surface area contributed by atoms with Crippen LogP contribution in [0.3, 0.4) is 0 Å². The number of aromatic nitrogens is 3. The van der Waals surface area contributed by atoms with E-state index in [4.69, 9.17) is 5.26 Å². The monoisotopic (exact) mass is 185 g/mol. The molecule has 0 bridgehead atoms. The number of fused-ring (bicyclic) bond motifs is 3. The Bertz CT molecular complexity index is 548. The lowest BCUT2D eigenvalue weighted by molar-refractivity contribution is 0.970. The summed E-state index contributed by atoms with van der Waals surface area (Å²) in [4.78, 5) is 0. The standard InChI is InChI=1S/C9H7N5/c10-5-9-13-12-8-2-1-6-7(14(8)9)3-4-11-6/h1-2,11H,3-4H2. The number of pyridine rings is 1. The van der Waals surface area contributed by atoms with E-state index in [1.165, 1.54) is 0 Å². The number of rotatable bonds is 0. The summed E-state index contributed by atoms with van der Waals surface area (Å²) < 4.78 is 1.81. The van der Waals surface area contributed by atoms with Crippen molar-refractivity contribution in [2.75, 3.05) is 11.9 Å². The van der Waals surface area contributed by atoms with Crippen LogP contribution in [0, 0.1) is 11.3 Å². The van der Waals surface area contributed by atoms with E-state index >= 15 is 0 Å². The molecular formula is C9H7N5. The molecule has 0 unspecified atom stereocenters. The molecule has 3 rings (SSSR count). The van der Waals surface area contributed by atoms with Gasteiger partial charge >= 0.3 is 0 Å². The van der Waals surface area contributed by atoms with Crippen LogP contribution in [0.1, 0.15) is 11.5 Å². The molecular weight excluding hydrogens is 178 g/mol. The molecule has 0 atom stereocenters. The first kappa shape index (κ1) is 7.33. The van der Waals surface area contributed by atoms with Gasteiger partial charge in [-0.2, -0.15) is 5.26 Å². The van der Waals surface area contributed by atoms with Crippen LogP contribution >= 0.6 is 0 Å². The minimum absolute atomic E-state index is 0.362. The zero-order chi connectivity index (χ0) is 9.54. The van der Waals surface area contributed by atoms with Gasteiger partial charge in [-0.1, -0.05) is 0 Å². The van der Waals surface area contributed by atoms with Crippen LogP contribution in [-0.4, -0.2) is 21.1 Å². The lowest BCUT2D eigenvalue weighted by Gasteiger charge is -2.01. The summed E-state index contributed by atoms with van der Waals surface area (Å²) in [6, 6.07) is 5.89. The van der Waals surface area contributed by atoms with Crippen LogP contribution in [0.2, 0.25) is 0 Å². The molecule has 0 saturated carbocycles. The highest BCUT2D eigenvalue weighted by Gasteiger charge is 2.16. The molecule has 2 aromatic heterocycles. The van der Waals surface area contributed by atoms with Crippen LogP contribution < -0.4 is 5.32 Å². The molecule has 5 nitrogen and oxygen atoms in total. The summed E-state index contributed by atoms with van der Waals surface area (Å²) in [7, 11) is 0. The third-order valence-corrected chi connectivity index (χ3v) is 2.45.